The van der Waals surface area contributed by atoms with Crippen LogP contribution in [0.5, 0.6) is 0 Å². The summed E-state index contributed by atoms with van der Waals surface area (Å²) >= 11 is 0. The second-order valence-electron chi connectivity index (χ2n) is 5.11. The van der Waals surface area contributed by atoms with Gasteiger partial charge in [0.05, 0.1) is 12.2 Å². The number of carbonyl (C=O) groups is 1. The third kappa shape index (κ3) is 3.15. The van der Waals surface area contributed by atoms with Crippen molar-refractivity contribution in [2.75, 3.05) is 0 Å². The summed E-state index contributed by atoms with van der Waals surface area (Å²) < 4.78 is 10.6. The van der Waals surface area contributed by atoms with Gasteiger partial charge in [0.15, 0.2) is 0 Å². The minimum Gasteiger partial charge on any atom is -0.456 e. The maximum absolute atomic E-state index is 11.5. The van der Waals surface area contributed by atoms with Crippen LogP contribution in [0.2, 0.25) is 0 Å². The van der Waals surface area contributed by atoms with E-state index < -0.39 is 17.9 Å². The molecule has 1 aliphatic heterocycles. The van der Waals surface area contributed by atoms with Gasteiger partial charge in [0.25, 0.3) is 0 Å². The Morgan fingerprint density at radius 2 is 1.79 bits per heavy atom. The molecular weight excluding hydrogens is 244 g/mol. The van der Waals surface area contributed by atoms with Gasteiger partial charge in [0.2, 0.25) is 5.79 Å². The topological polar surface area (TPSA) is 55.8 Å². The fourth-order valence-electron chi connectivity index (χ4n) is 2.04. The van der Waals surface area contributed by atoms with Crippen LogP contribution in [0.25, 0.3) is 0 Å². The highest BCUT2D eigenvalue weighted by molar-refractivity contribution is 5.83. The number of aliphatic hydroxyl groups excluding tert-OH is 1. The molecule has 0 radical (unpaired) electrons. The van der Waals surface area contributed by atoms with Crippen LogP contribution in [0.1, 0.15) is 32.4 Å². The molecule has 0 bridgehead atoms. The van der Waals surface area contributed by atoms with Gasteiger partial charge >= 0.3 is 5.97 Å². The maximum atomic E-state index is 11.5. The lowest BCUT2D eigenvalue weighted by Crippen LogP contribution is -2.36. The summed E-state index contributed by atoms with van der Waals surface area (Å²) in [5.74, 6) is -1.32. The van der Waals surface area contributed by atoms with E-state index in [1.807, 2.05) is 37.3 Å². The van der Waals surface area contributed by atoms with Crippen molar-refractivity contribution < 1.29 is 19.4 Å². The van der Waals surface area contributed by atoms with Crippen LogP contribution in [0.15, 0.2) is 42.2 Å². The molecule has 0 aliphatic carbocycles. The number of hydrogen-bond donors (Lipinski definition) is 1. The van der Waals surface area contributed by atoms with Crippen LogP contribution >= 0.6 is 0 Å². The fourth-order valence-corrected chi connectivity index (χ4v) is 2.04. The predicted octanol–water partition coefficient (Wildman–Crippen LogP) is 2.55. The van der Waals surface area contributed by atoms with Crippen molar-refractivity contribution in [3.8, 4) is 0 Å². The second kappa shape index (κ2) is 5.05. The molecule has 4 heteroatoms. The molecule has 0 saturated carbocycles. The standard InChI is InChI=1S/C15H18O4/c1-10(14(17)11-7-5-4-6-8-11)12-9-13(16)19-15(2,3)18-12/h4-10,14,17H,1-3H3/t10-,14-/m0/s1. The monoisotopic (exact) mass is 262 g/mol. The normalized spacial score (nSPS) is 20.8. The molecule has 4 nitrogen and oxygen atoms in total. The molecule has 0 spiro atoms. The van der Waals surface area contributed by atoms with Gasteiger partial charge in [-0.3, -0.25) is 0 Å². The number of rotatable bonds is 3. The lowest BCUT2D eigenvalue weighted by atomic mass is 9.95. The fraction of sp³-hybridized carbons (Fsp3) is 0.400. The third-order valence-electron chi connectivity index (χ3n) is 3.03. The van der Waals surface area contributed by atoms with Gasteiger partial charge in [0, 0.05) is 19.8 Å². The second-order valence-corrected chi connectivity index (χ2v) is 5.11. The highest BCUT2D eigenvalue weighted by atomic mass is 16.7. The largest absolute Gasteiger partial charge is 0.456 e. The van der Waals surface area contributed by atoms with E-state index >= 15 is 0 Å². The van der Waals surface area contributed by atoms with Crippen molar-refractivity contribution in [1.29, 1.82) is 0 Å². The van der Waals surface area contributed by atoms with E-state index in [4.69, 9.17) is 9.47 Å². The van der Waals surface area contributed by atoms with Crippen molar-refractivity contribution in [2.45, 2.75) is 32.7 Å². The summed E-state index contributed by atoms with van der Waals surface area (Å²) in [4.78, 5) is 11.5. The number of cyclic esters (lactones) is 1. The molecule has 102 valence electrons. The zero-order chi connectivity index (χ0) is 14.0. The number of ether oxygens (including phenoxy) is 2. The van der Waals surface area contributed by atoms with Crippen LogP contribution in [0, 0.1) is 5.92 Å². The number of carbonyl (C=O) groups excluding carboxylic acids is 1. The number of benzene rings is 1. The Morgan fingerprint density at radius 1 is 1.16 bits per heavy atom. The van der Waals surface area contributed by atoms with Crippen LogP contribution in [-0.2, 0) is 14.3 Å². The van der Waals surface area contributed by atoms with Crippen molar-refractivity contribution in [3.05, 3.63) is 47.7 Å². The number of esters is 1. The van der Waals surface area contributed by atoms with E-state index in [9.17, 15) is 9.90 Å². The highest BCUT2D eigenvalue weighted by Gasteiger charge is 2.34. The van der Waals surface area contributed by atoms with Crippen LogP contribution < -0.4 is 0 Å². The average molecular weight is 262 g/mol. The Morgan fingerprint density at radius 3 is 2.37 bits per heavy atom. The van der Waals surface area contributed by atoms with Crippen LogP contribution in [-0.4, -0.2) is 16.9 Å². The molecule has 0 amide bonds. The first-order valence-corrected chi connectivity index (χ1v) is 6.25. The first-order valence-electron chi connectivity index (χ1n) is 6.25. The van der Waals surface area contributed by atoms with E-state index in [0.717, 1.165) is 5.56 Å². The van der Waals surface area contributed by atoms with Crippen molar-refractivity contribution in [2.24, 2.45) is 5.92 Å². The summed E-state index contributed by atoms with van der Waals surface area (Å²) in [5, 5.41) is 10.3. The van der Waals surface area contributed by atoms with Gasteiger partial charge in [0.1, 0.15) is 5.76 Å². The van der Waals surface area contributed by atoms with Gasteiger partial charge in [-0.25, -0.2) is 4.79 Å². The van der Waals surface area contributed by atoms with Crippen LogP contribution in [0.4, 0.5) is 0 Å². The van der Waals surface area contributed by atoms with Crippen molar-refractivity contribution in [3.63, 3.8) is 0 Å². The van der Waals surface area contributed by atoms with Gasteiger partial charge in [-0.1, -0.05) is 37.3 Å². The smallest absolute Gasteiger partial charge is 0.337 e. The van der Waals surface area contributed by atoms with Crippen molar-refractivity contribution in [1.82, 2.24) is 0 Å². The lowest BCUT2D eigenvalue weighted by molar-refractivity contribution is -0.209. The Kier molecular flexibility index (Phi) is 3.62. The molecule has 1 N–H and O–H groups in total. The quantitative estimate of drug-likeness (QED) is 0.850. The summed E-state index contributed by atoms with van der Waals surface area (Å²) in [6, 6.07) is 9.29. The van der Waals surface area contributed by atoms with Crippen molar-refractivity contribution >= 4 is 5.97 Å². The number of hydrogen-bond acceptors (Lipinski definition) is 4. The van der Waals surface area contributed by atoms with Gasteiger partial charge in [-0.05, 0) is 5.56 Å². The molecular formula is C15H18O4. The Balaban J connectivity index is 2.20. The minimum atomic E-state index is -0.994. The molecule has 19 heavy (non-hydrogen) atoms. The van der Waals surface area contributed by atoms with Gasteiger partial charge in [-0.15, -0.1) is 0 Å². The highest BCUT2D eigenvalue weighted by Crippen LogP contribution is 2.33. The summed E-state index contributed by atoms with van der Waals surface area (Å²) in [7, 11) is 0. The molecule has 1 heterocycles. The maximum Gasteiger partial charge on any atom is 0.337 e. The zero-order valence-corrected chi connectivity index (χ0v) is 11.3. The molecule has 0 aromatic heterocycles. The summed E-state index contributed by atoms with van der Waals surface area (Å²) in [5.41, 5.74) is 0.788. The molecule has 1 aromatic carbocycles. The zero-order valence-electron chi connectivity index (χ0n) is 11.3. The molecule has 2 atom stereocenters. The Labute approximate surface area is 112 Å². The lowest BCUT2D eigenvalue weighted by Gasteiger charge is -2.34. The SMILES string of the molecule is C[C@@H](C1=CC(=O)OC(C)(C)O1)[C@H](O)c1ccccc1. The Bertz CT molecular complexity index is 490. The van der Waals surface area contributed by atoms with E-state index in [0.29, 0.717) is 5.76 Å². The van der Waals surface area contributed by atoms with Gasteiger partial charge in [-0.2, -0.15) is 0 Å². The first-order chi connectivity index (χ1) is 8.89. The van der Waals surface area contributed by atoms with E-state index in [-0.39, 0.29) is 5.92 Å². The Hall–Kier alpha value is -1.81. The third-order valence-corrected chi connectivity index (χ3v) is 3.03. The molecule has 0 fully saturated rings. The van der Waals surface area contributed by atoms with E-state index in [2.05, 4.69) is 0 Å². The van der Waals surface area contributed by atoms with E-state index in [1.54, 1.807) is 13.8 Å². The minimum absolute atomic E-state index is 0.325. The molecule has 1 aromatic rings. The summed E-state index contributed by atoms with van der Waals surface area (Å²) in [6.45, 7) is 5.15. The van der Waals surface area contributed by atoms with Gasteiger partial charge < -0.3 is 14.6 Å². The molecule has 0 unspecified atom stereocenters. The predicted molar refractivity (Wildman–Crippen MR) is 69.9 cm³/mol. The first kappa shape index (κ1) is 13.6. The van der Waals surface area contributed by atoms with Crippen LogP contribution in [0.3, 0.4) is 0 Å². The molecule has 1 aliphatic rings. The molecule has 0 saturated heterocycles. The average Bonchev–Trinajstić information content (AvgIpc) is 2.35. The van der Waals surface area contributed by atoms with E-state index in [1.165, 1.54) is 6.08 Å². The molecule has 2 rings (SSSR count). The summed E-state index contributed by atoms with van der Waals surface area (Å²) in [6.07, 6.45) is 0.566. The number of aliphatic hydroxyl groups is 1.